The molecule has 0 N–H and O–H groups in total. The van der Waals surface area contributed by atoms with Crippen molar-refractivity contribution in [2.24, 2.45) is 15.0 Å². The standard InChI is InChI=1S/C13H12Cl2N4/c1-9(10-5-3-2-4-6-10)19-8-17-11-13(19,15)7-16-12(14)18-11/h2-9,12H,1H3. The van der Waals surface area contributed by atoms with Gasteiger partial charge in [0.2, 0.25) is 10.6 Å². The highest BCUT2D eigenvalue weighted by Gasteiger charge is 2.46. The number of fused-ring (bicyclic) bond motifs is 1. The molecule has 0 bridgehead atoms. The van der Waals surface area contributed by atoms with Gasteiger partial charge < -0.3 is 4.90 Å². The SMILES string of the molecule is CC(c1ccccc1)N1C=NC2=NC(Cl)N=CC21Cl. The van der Waals surface area contributed by atoms with Crippen molar-refractivity contribution in [3.8, 4) is 0 Å². The van der Waals surface area contributed by atoms with E-state index in [0.717, 1.165) is 5.56 Å². The molecule has 2 heterocycles. The van der Waals surface area contributed by atoms with Crippen LogP contribution in [-0.4, -0.2) is 33.9 Å². The number of benzene rings is 1. The smallest absolute Gasteiger partial charge is 0.216 e. The zero-order chi connectivity index (χ0) is 13.5. The topological polar surface area (TPSA) is 40.3 Å². The monoisotopic (exact) mass is 294 g/mol. The normalized spacial score (nSPS) is 30.2. The molecule has 0 amide bonds. The zero-order valence-electron chi connectivity index (χ0n) is 10.2. The first kappa shape index (κ1) is 12.6. The fraction of sp³-hybridized carbons (Fsp3) is 0.308. The second-order valence-corrected chi connectivity index (χ2v) is 5.42. The molecular formula is C13H12Cl2N4. The highest BCUT2D eigenvalue weighted by molar-refractivity contribution is 6.47. The Balaban J connectivity index is 1.94. The maximum Gasteiger partial charge on any atom is 0.216 e. The van der Waals surface area contributed by atoms with Crippen molar-refractivity contribution < 1.29 is 0 Å². The first-order chi connectivity index (χ1) is 9.11. The third-order valence-electron chi connectivity index (χ3n) is 3.29. The lowest BCUT2D eigenvalue weighted by atomic mass is 10.1. The minimum Gasteiger partial charge on any atom is -0.326 e. The fourth-order valence-electron chi connectivity index (χ4n) is 2.22. The number of aliphatic imine (C=N–C) groups is 3. The predicted octanol–water partition coefficient (Wildman–Crippen LogP) is 3.03. The minimum absolute atomic E-state index is 0.0634. The van der Waals surface area contributed by atoms with Crippen LogP contribution in [0.1, 0.15) is 18.5 Å². The Bertz CT molecular complexity index is 569. The van der Waals surface area contributed by atoms with Crippen LogP contribution in [-0.2, 0) is 0 Å². The molecule has 19 heavy (non-hydrogen) atoms. The molecule has 2 aliphatic heterocycles. The van der Waals surface area contributed by atoms with E-state index in [1.54, 1.807) is 12.6 Å². The quantitative estimate of drug-likeness (QED) is 0.610. The van der Waals surface area contributed by atoms with Gasteiger partial charge in [0.05, 0.1) is 18.6 Å². The van der Waals surface area contributed by atoms with E-state index in [0.29, 0.717) is 5.84 Å². The van der Waals surface area contributed by atoms with E-state index >= 15 is 0 Å². The van der Waals surface area contributed by atoms with Crippen LogP contribution < -0.4 is 0 Å². The highest BCUT2D eigenvalue weighted by atomic mass is 35.5. The minimum atomic E-state index is -0.930. The Morgan fingerprint density at radius 1 is 1.32 bits per heavy atom. The number of halogens is 2. The van der Waals surface area contributed by atoms with Crippen molar-refractivity contribution in [1.82, 2.24) is 4.90 Å². The van der Waals surface area contributed by atoms with Crippen molar-refractivity contribution in [2.75, 3.05) is 0 Å². The molecule has 1 aromatic carbocycles. The third kappa shape index (κ3) is 2.05. The molecule has 0 saturated heterocycles. The van der Waals surface area contributed by atoms with Crippen molar-refractivity contribution in [2.45, 2.75) is 23.6 Å². The molecule has 3 rings (SSSR count). The summed E-state index contributed by atoms with van der Waals surface area (Å²) in [5, 5.41) is 0. The van der Waals surface area contributed by atoms with Crippen molar-refractivity contribution in [3.63, 3.8) is 0 Å². The number of rotatable bonds is 2. The van der Waals surface area contributed by atoms with Crippen LogP contribution in [0.15, 0.2) is 45.3 Å². The Morgan fingerprint density at radius 3 is 2.79 bits per heavy atom. The lowest BCUT2D eigenvalue weighted by molar-refractivity contribution is 0.340. The Kier molecular flexibility index (Phi) is 3.07. The number of amidine groups is 1. The van der Waals surface area contributed by atoms with E-state index < -0.39 is 10.6 Å². The molecule has 1 aromatic rings. The van der Waals surface area contributed by atoms with Crippen LogP contribution in [0.3, 0.4) is 0 Å². The van der Waals surface area contributed by atoms with Gasteiger partial charge in [-0.05, 0) is 12.5 Å². The van der Waals surface area contributed by atoms with Gasteiger partial charge in [0.15, 0.2) is 5.84 Å². The summed E-state index contributed by atoms with van der Waals surface area (Å²) in [6, 6.07) is 10.2. The summed E-state index contributed by atoms with van der Waals surface area (Å²) in [4.78, 5) is 13.5. The lowest BCUT2D eigenvalue weighted by Crippen LogP contribution is -2.48. The predicted molar refractivity (Wildman–Crippen MR) is 79.3 cm³/mol. The van der Waals surface area contributed by atoms with Crippen LogP contribution in [0, 0.1) is 0 Å². The van der Waals surface area contributed by atoms with Crippen LogP contribution in [0.25, 0.3) is 0 Å². The molecular weight excluding hydrogens is 283 g/mol. The summed E-state index contributed by atoms with van der Waals surface area (Å²) in [6.45, 7) is 2.06. The van der Waals surface area contributed by atoms with Gasteiger partial charge in [-0.15, -0.1) is 0 Å². The molecule has 0 aliphatic carbocycles. The van der Waals surface area contributed by atoms with Gasteiger partial charge >= 0.3 is 0 Å². The van der Waals surface area contributed by atoms with E-state index in [1.165, 1.54) is 0 Å². The van der Waals surface area contributed by atoms with Gasteiger partial charge in [-0.25, -0.2) is 9.98 Å². The summed E-state index contributed by atoms with van der Waals surface area (Å²) in [5.41, 5.74) is 0.516. The number of alkyl halides is 2. The fourth-order valence-corrected chi connectivity index (χ4v) is 2.72. The highest BCUT2D eigenvalue weighted by Crippen LogP contribution is 2.36. The van der Waals surface area contributed by atoms with Crippen LogP contribution >= 0.6 is 23.2 Å². The number of hydrogen-bond acceptors (Lipinski definition) is 4. The Hall–Kier alpha value is -1.39. The average Bonchev–Trinajstić information content (AvgIpc) is 2.76. The van der Waals surface area contributed by atoms with Crippen molar-refractivity contribution in [1.29, 1.82) is 0 Å². The second-order valence-electron chi connectivity index (χ2n) is 4.45. The molecule has 3 unspecified atom stereocenters. The van der Waals surface area contributed by atoms with E-state index in [9.17, 15) is 0 Å². The third-order valence-corrected chi connectivity index (χ3v) is 3.96. The van der Waals surface area contributed by atoms with Crippen molar-refractivity contribution >= 4 is 41.6 Å². The molecule has 6 heteroatoms. The summed E-state index contributed by atoms with van der Waals surface area (Å²) in [7, 11) is 0. The first-order valence-corrected chi connectivity index (χ1v) is 6.76. The van der Waals surface area contributed by atoms with Gasteiger partial charge in [0.25, 0.3) is 0 Å². The van der Waals surface area contributed by atoms with Gasteiger partial charge in [-0.3, -0.25) is 4.99 Å². The molecule has 0 aromatic heterocycles. The van der Waals surface area contributed by atoms with Crippen LogP contribution in [0.4, 0.5) is 0 Å². The van der Waals surface area contributed by atoms with Crippen LogP contribution in [0.2, 0.25) is 0 Å². The first-order valence-electron chi connectivity index (χ1n) is 5.94. The summed E-state index contributed by atoms with van der Waals surface area (Å²) in [6.07, 6.45) is 3.31. The van der Waals surface area contributed by atoms with Gasteiger partial charge in [0, 0.05) is 0 Å². The Labute approximate surface area is 121 Å². The molecule has 98 valence electrons. The lowest BCUT2D eigenvalue weighted by Gasteiger charge is -2.35. The Morgan fingerprint density at radius 2 is 2.05 bits per heavy atom. The summed E-state index contributed by atoms with van der Waals surface area (Å²) in [5.74, 6) is 0.493. The molecule has 0 fully saturated rings. The van der Waals surface area contributed by atoms with Crippen LogP contribution in [0.5, 0.6) is 0 Å². The van der Waals surface area contributed by atoms with E-state index in [-0.39, 0.29) is 6.04 Å². The van der Waals surface area contributed by atoms with Crippen molar-refractivity contribution in [3.05, 3.63) is 35.9 Å². The molecule has 3 atom stereocenters. The molecule has 0 spiro atoms. The number of hydrogen-bond donors (Lipinski definition) is 0. The summed E-state index contributed by atoms with van der Waals surface area (Å²) < 4.78 is 0. The maximum atomic E-state index is 6.61. The molecule has 0 radical (unpaired) electrons. The largest absolute Gasteiger partial charge is 0.326 e. The molecule has 4 nitrogen and oxygen atoms in total. The van der Waals surface area contributed by atoms with Gasteiger partial charge in [-0.1, -0.05) is 53.5 Å². The maximum absolute atomic E-state index is 6.61. The zero-order valence-corrected chi connectivity index (χ0v) is 11.8. The van der Waals surface area contributed by atoms with E-state index in [4.69, 9.17) is 23.2 Å². The van der Waals surface area contributed by atoms with Gasteiger partial charge in [-0.2, -0.15) is 0 Å². The van der Waals surface area contributed by atoms with Gasteiger partial charge in [0.1, 0.15) is 0 Å². The summed E-state index contributed by atoms with van der Waals surface area (Å²) >= 11 is 12.5. The second kappa shape index (κ2) is 4.62. The number of nitrogens with zero attached hydrogens (tertiary/aromatic N) is 4. The molecule has 0 saturated carbocycles. The average molecular weight is 295 g/mol. The van der Waals surface area contributed by atoms with E-state index in [1.807, 2.05) is 23.1 Å². The molecule has 2 aliphatic rings. The van der Waals surface area contributed by atoms with E-state index in [2.05, 4.69) is 34.0 Å².